The SMILES string of the molecule is CCCCNC(=O)CSc1nccn1-c1cccc(C(=O)NCc2ccc(F)cc2)c1. The van der Waals surface area contributed by atoms with Crippen LogP contribution in [0.1, 0.15) is 35.7 Å². The van der Waals surface area contributed by atoms with Gasteiger partial charge in [-0.2, -0.15) is 0 Å². The van der Waals surface area contributed by atoms with Crippen LogP contribution in [-0.4, -0.2) is 33.7 Å². The summed E-state index contributed by atoms with van der Waals surface area (Å²) < 4.78 is 14.9. The van der Waals surface area contributed by atoms with E-state index in [0.717, 1.165) is 24.1 Å². The summed E-state index contributed by atoms with van der Waals surface area (Å²) in [6.07, 6.45) is 5.46. The van der Waals surface area contributed by atoms with Gasteiger partial charge in [-0.05, 0) is 42.3 Å². The molecule has 8 heteroatoms. The molecular formula is C23H25FN4O2S. The Hall–Kier alpha value is -3.13. The van der Waals surface area contributed by atoms with E-state index in [1.54, 1.807) is 42.7 Å². The van der Waals surface area contributed by atoms with E-state index in [4.69, 9.17) is 0 Å². The van der Waals surface area contributed by atoms with Crippen molar-refractivity contribution in [2.75, 3.05) is 12.3 Å². The van der Waals surface area contributed by atoms with Crippen LogP contribution >= 0.6 is 11.8 Å². The summed E-state index contributed by atoms with van der Waals surface area (Å²) in [5.41, 5.74) is 2.10. The first kappa shape index (κ1) is 22.6. The lowest BCUT2D eigenvalue weighted by atomic mass is 10.1. The highest BCUT2D eigenvalue weighted by atomic mass is 32.2. The number of hydrogen-bond acceptors (Lipinski definition) is 4. The lowest BCUT2D eigenvalue weighted by Gasteiger charge is -2.10. The van der Waals surface area contributed by atoms with Crippen LogP contribution in [0.4, 0.5) is 4.39 Å². The third-order valence-electron chi connectivity index (χ3n) is 4.54. The van der Waals surface area contributed by atoms with Gasteiger partial charge >= 0.3 is 0 Å². The molecular weight excluding hydrogens is 415 g/mol. The zero-order chi connectivity index (χ0) is 22.1. The fraction of sp³-hybridized carbons (Fsp3) is 0.261. The van der Waals surface area contributed by atoms with Crippen molar-refractivity contribution in [2.45, 2.75) is 31.5 Å². The second-order valence-corrected chi connectivity index (χ2v) is 7.87. The Morgan fingerprint density at radius 2 is 1.94 bits per heavy atom. The van der Waals surface area contributed by atoms with Gasteiger partial charge in [-0.25, -0.2) is 9.37 Å². The number of amides is 2. The van der Waals surface area contributed by atoms with Gasteiger partial charge in [-0.15, -0.1) is 0 Å². The average Bonchev–Trinajstić information content (AvgIpc) is 3.26. The monoisotopic (exact) mass is 440 g/mol. The number of benzene rings is 2. The van der Waals surface area contributed by atoms with Gasteiger partial charge in [0.2, 0.25) is 5.91 Å². The van der Waals surface area contributed by atoms with Gasteiger partial charge in [0.05, 0.1) is 5.75 Å². The van der Waals surface area contributed by atoms with E-state index in [1.165, 1.54) is 23.9 Å². The molecule has 0 aliphatic carbocycles. The van der Waals surface area contributed by atoms with Crippen LogP contribution in [0.25, 0.3) is 5.69 Å². The van der Waals surface area contributed by atoms with Crippen molar-refractivity contribution >= 4 is 23.6 Å². The molecule has 162 valence electrons. The molecule has 0 bridgehead atoms. The third-order valence-corrected chi connectivity index (χ3v) is 5.51. The number of aromatic nitrogens is 2. The molecule has 0 fully saturated rings. The van der Waals surface area contributed by atoms with Crippen LogP contribution in [0.5, 0.6) is 0 Å². The number of carbonyl (C=O) groups is 2. The summed E-state index contributed by atoms with van der Waals surface area (Å²) in [5.74, 6) is -0.286. The molecule has 0 saturated carbocycles. The Kier molecular flexibility index (Phi) is 8.23. The molecule has 2 amide bonds. The number of nitrogens with zero attached hydrogens (tertiary/aromatic N) is 2. The molecule has 2 N–H and O–H groups in total. The lowest BCUT2D eigenvalue weighted by Crippen LogP contribution is -2.26. The maximum Gasteiger partial charge on any atom is 0.251 e. The molecule has 3 rings (SSSR count). The molecule has 0 saturated heterocycles. The Morgan fingerprint density at radius 1 is 1.13 bits per heavy atom. The molecule has 1 aromatic heterocycles. The molecule has 0 radical (unpaired) electrons. The molecule has 1 heterocycles. The summed E-state index contributed by atoms with van der Waals surface area (Å²) in [5, 5.41) is 6.41. The van der Waals surface area contributed by atoms with Crippen molar-refractivity contribution in [2.24, 2.45) is 0 Å². The third kappa shape index (κ3) is 6.68. The van der Waals surface area contributed by atoms with Gasteiger partial charge in [-0.1, -0.05) is 43.3 Å². The first-order valence-electron chi connectivity index (χ1n) is 10.1. The normalized spacial score (nSPS) is 10.6. The number of hydrogen-bond donors (Lipinski definition) is 2. The molecule has 2 aromatic carbocycles. The van der Waals surface area contributed by atoms with Crippen LogP contribution in [0, 0.1) is 5.82 Å². The zero-order valence-corrected chi connectivity index (χ0v) is 18.1. The van der Waals surface area contributed by atoms with Crippen molar-refractivity contribution in [1.82, 2.24) is 20.2 Å². The van der Waals surface area contributed by atoms with E-state index in [-0.39, 0.29) is 23.4 Å². The van der Waals surface area contributed by atoms with Crippen LogP contribution in [-0.2, 0) is 11.3 Å². The van der Waals surface area contributed by atoms with E-state index < -0.39 is 0 Å². The van der Waals surface area contributed by atoms with E-state index >= 15 is 0 Å². The van der Waals surface area contributed by atoms with Gasteiger partial charge < -0.3 is 10.6 Å². The minimum atomic E-state index is -0.310. The van der Waals surface area contributed by atoms with E-state index in [2.05, 4.69) is 22.5 Å². The minimum Gasteiger partial charge on any atom is -0.355 e. The predicted molar refractivity (Wildman–Crippen MR) is 120 cm³/mol. The predicted octanol–water partition coefficient (Wildman–Crippen LogP) is 3.95. The molecule has 0 spiro atoms. The largest absolute Gasteiger partial charge is 0.355 e. The first-order chi connectivity index (χ1) is 15.1. The second-order valence-electron chi connectivity index (χ2n) is 6.93. The van der Waals surface area contributed by atoms with E-state index in [1.807, 2.05) is 10.6 Å². The fourth-order valence-electron chi connectivity index (χ4n) is 2.86. The maximum atomic E-state index is 13.0. The molecule has 0 atom stereocenters. The van der Waals surface area contributed by atoms with Crippen LogP contribution in [0.3, 0.4) is 0 Å². The summed E-state index contributed by atoms with van der Waals surface area (Å²) in [4.78, 5) is 28.9. The van der Waals surface area contributed by atoms with Crippen molar-refractivity contribution < 1.29 is 14.0 Å². The highest BCUT2D eigenvalue weighted by molar-refractivity contribution is 7.99. The number of rotatable bonds is 10. The number of unbranched alkanes of at least 4 members (excludes halogenated alkanes) is 1. The topological polar surface area (TPSA) is 76.0 Å². The number of nitrogens with one attached hydrogen (secondary N) is 2. The number of halogens is 1. The van der Waals surface area contributed by atoms with Gasteiger partial charge in [0.15, 0.2) is 5.16 Å². The lowest BCUT2D eigenvalue weighted by molar-refractivity contribution is -0.118. The quantitative estimate of drug-likeness (QED) is 0.370. The van der Waals surface area contributed by atoms with E-state index in [9.17, 15) is 14.0 Å². The van der Waals surface area contributed by atoms with Gasteiger partial charge in [-0.3, -0.25) is 14.2 Å². The summed E-state index contributed by atoms with van der Waals surface area (Å²) in [6, 6.07) is 13.2. The summed E-state index contributed by atoms with van der Waals surface area (Å²) in [6.45, 7) is 3.07. The molecule has 0 aliphatic heterocycles. The molecule has 0 unspecified atom stereocenters. The maximum absolute atomic E-state index is 13.0. The Balaban J connectivity index is 1.62. The van der Waals surface area contributed by atoms with Crippen molar-refractivity contribution in [3.63, 3.8) is 0 Å². The highest BCUT2D eigenvalue weighted by Gasteiger charge is 2.11. The van der Waals surface area contributed by atoms with E-state index in [0.29, 0.717) is 23.8 Å². The van der Waals surface area contributed by atoms with Gasteiger partial charge in [0, 0.05) is 36.7 Å². The molecule has 0 aliphatic rings. The van der Waals surface area contributed by atoms with Gasteiger partial charge in [0.25, 0.3) is 5.91 Å². The minimum absolute atomic E-state index is 0.0260. The average molecular weight is 441 g/mol. The Morgan fingerprint density at radius 3 is 2.71 bits per heavy atom. The molecule has 3 aromatic rings. The molecule has 31 heavy (non-hydrogen) atoms. The van der Waals surface area contributed by atoms with Crippen LogP contribution < -0.4 is 10.6 Å². The standard InChI is InChI=1S/C23H25FN4O2S/c1-2-3-11-25-21(29)16-31-23-26-12-13-28(23)20-6-4-5-18(14-20)22(30)27-15-17-7-9-19(24)10-8-17/h4-10,12-14H,2-3,11,15-16H2,1H3,(H,25,29)(H,27,30). The van der Waals surface area contributed by atoms with Crippen molar-refractivity contribution in [1.29, 1.82) is 0 Å². The Bertz CT molecular complexity index is 1020. The zero-order valence-electron chi connectivity index (χ0n) is 17.3. The highest BCUT2D eigenvalue weighted by Crippen LogP contribution is 2.21. The van der Waals surface area contributed by atoms with Gasteiger partial charge in [0.1, 0.15) is 5.82 Å². The van der Waals surface area contributed by atoms with Crippen molar-refractivity contribution in [3.05, 3.63) is 77.9 Å². The second kappa shape index (κ2) is 11.3. The Labute approximate surface area is 185 Å². The van der Waals surface area contributed by atoms with Crippen LogP contribution in [0.2, 0.25) is 0 Å². The number of carbonyl (C=O) groups excluding carboxylic acids is 2. The smallest absolute Gasteiger partial charge is 0.251 e. The summed E-state index contributed by atoms with van der Waals surface area (Å²) >= 11 is 1.35. The molecule has 6 nitrogen and oxygen atoms in total. The first-order valence-corrected chi connectivity index (χ1v) is 11.1. The van der Waals surface area contributed by atoms with Crippen molar-refractivity contribution in [3.8, 4) is 5.69 Å². The fourth-order valence-corrected chi connectivity index (χ4v) is 3.67. The van der Waals surface area contributed by atoms with Crippen LogP contribution in [0.15, 0.2) is 66.1 Å². The number of imidazole rings is 1. The number of thioether (sulfide) groups is 1. The summed E-state index contributed by atoms with van der Waals surface area (Å²) in [7, 11) is 0.